The molecule has 25 heavy (non-hydrogen) atoms. The van der Waals surface area contributed by atoms with Gasteiger partial charge in [-0.05, 0) is 35.1 Å². The van der Waals surface area contributed by atoms with Crippen LogP contribution in [0.5, 0.6) is 0 Å². The van der Waals surface area contributed by atoms with Crippen molar-refractivity contribution in [2.75, 3.05) is 7.11 Å². The van der Waals surface area contributed by atoms with Crippen LogP contribution in [0.2, 0.25) is 0 Å². The van der Waals surface area contributed by atoms with Crippen molar-refractivity contribution in [2.45, 2.75) is 44.6 Å². The standard InChI is InChI=1S/C21H25NO3/c1-25-21(24)19(22-20(23)14-15-6-2-3-7-15)13-16-10-11-17-8-4-5-9-18(17)12-16/h4-5,8-12,15,19H,2-3,6-7,13-14H2,1H3,(H,22,23)/t19-/m1/s1. The second-order valence-electron chi connectivity index (χ2n) is 6.88. The van der Waals surface area contributed by atoms with Gasteiger partial charge in [-0.3, -0.25) is 4.79 Å². The van der Waals surface area contributed by atoms with E-state index in [1.807, 2.05) is 30.3 Å². The minimum atomic E-state index is -0.639. The number of hydrogen-bond donors (Lipinski definition) is 1. The van der Waals surface area contributed by atoms with Crippen LogP contribution >= 0.6 is 0 Å². The van der Waals surface area contributed by atoms with Crippen molar-refractivity contribution in [1.82, 2.24) is 5.32 Å². The van der Waals surface area contributed by atoms with Gasteiger partial charge in [-0.1, -0.05) is 55.3 Å². The number of esters is 1. The van der Waals surface area contributed by atoms with Crippen LogP contribution < -0.4 is 5.32 Å². The van der Waals surface area contributed by atoms with Crippen molar-refractivity contribution in [3.05, 3.63) is 48.0 Å². The first kappa shape index (κ1) is 17.5. The molecule has 4 nitrogen and oxygen atoms in total. The Kier molecular flexibility index (Phi) is 5.69. The van der Waals surface area contributed by atoms with E-state index in [0.29, 0.717) is 18.8 Å². The van der Waals surface area contributed by atoms with Gasteiger partial charge in [0.1, 0.15) is 6.04 Å². The molecule has 0 aliphatic heterocycles. The van der Waals surface area contributed by atoms with Crippen molar-refractivity contribution in [3.63, 3.8) is 0 Å². The SMILES string of the molecule is COC(=O)[C@@H](Cc1ccc2ccccc2c1)NC(=O)CC1CCCC1. The molecule has 0 bridgehead atoms. The summed E-state index contributed by atoms with van der Waals surface area (Å²) in [7, 11) is 1.36. The van der Waals surface area contributed by atoms with E-state index in [4.69, 9.17) is 4.74 Å². The van der Waals surface area contributed by atoms with Gasteiger partial charge in [0.15, 0.2) is 0 Å². The molecule has 0 saturated heterocycles. The van der Waals surface area contributed by atoms with E-state index in [2.05, 4.69) is 17.4 Å². The molecule has 0 aromatic heterocycles. The number of rotatable bonds is 6. The summed E-state index contributed by atoms with van der Waals surface area (Å²) >= 11 is 0. The minimum absolute atomic E-state index is 0.0527. The molecule has 1 aliphatic carbocycles. The van der Waals surface area contributed by atoms with Crippen molar-refractivity contribution in [1.29, 1.82) is 0 Å². The number of carbonyl (C=O) groups excluding carboxylic acids is 2. The molecule has 1 fully saturated rings. The van der Waals surface area contributed by atoms with Crippen molar-refractivity contribution < 1.29 is 14.3 Å². The van der Waals surface area contributed by atoms with Crippen LogP contribution in [0.25, 0.3) is 10.8 Å². The van der Waals surface area contributed by atoms with E-state index in [-0.39, 0.29) is 5.91 Å². The summed E-state index contributed by atoms with van der Waals surface area (Å²) in [6, 6.07) is 13.6. The first-order valence-corrected chi connectivity index (χ1v) is 9.00. The summed E-state index contributed by atoms with van der Waals surface area (Å²) in [5.41, 5.74) is 1.01. The zero-order chi connectivity index (χ0) is 17.6. The molecule has 2 aromatic rings. The Morgan fingerprint density at radius 3 is 2.56 bits per heavy atom. The molecule has 1 aliphatic rings. The van der Waals surface area contributed by atoms with E-state index in [9.17, 15) is 9.59 Å². The molecule has 132 valence electrons. The summed E-state index contributed by atoms with van der Waals surface area (Å²) in [6.07, 6.45) is 5.58. The molecule has 1 amide bonds. The summed E-state index contributed by atoms with van der Waals surface area (Å²) in [5.74, 6) is 0.00925. The first-order chi connectivity index (χ1) is 12.2. The largest absolute Gasteiger partial charge is 0.467 e. The molecule has 2 aromatic carbocycles. The fraction of sp³-hybridized carbons (Fsp3) is 0.429. The van der Waals surface area contributed by atoms with Crippen molar-refractivity contribution in [2.24, 2.45) is 5.92 Å². The Balaban J connectivity index is 1.68. The number of benzene rings is 2. The quantitative estimate of drug-likeness (QED) is 0.818. The molecule has 0 unspecified atom stereocenters. The number of amides is 1. The predicted molar refractivity (Wildman–Crippen MR) is 98.2 cm³/mol. The second kappa shape index (κ2) is 8.15. The van der Waals surface area contributed by atoms with Crippen LogP contribution in [0.4, 0.5) is 0 Å². The number of ether oxygens (including phenoxy) is 1. The summed E-state index contributed by atoms with van der Waals surface area (Å²) in [5, 5.41) is 5.16. The van der Waals surface area contributed by atoms with Crippen LogP contribution in [-0.2, 0) is 20.7 Å². The number of nitrogens with one attached hydrogen (secondary N) is 1. The number of fused-ring (bicyclic) bond motifs is 1. The van der Waals surface area contributed by atoms with E-state index in [1.165, 1.54) is 20.0 Å². The van der Waals surface area contributed by atoms with E-state index in [1.54, 1.807) is 0 Å². The van der Waals surface area contributed by atoms with Gasteiger partial charge >= 0.3 is 5.97 Å². The van der Waals surface area contributed by atoms with E-state index < -0.39 is 12.0 Å². The van der Waals surface area contributed by atoms with E-state index >= 15 is 0 Å². The number of methoxy groups -OCH3 is 1. The van der Waals surface area contributed by atoms with Gasteiger partial charge in [-0.25, -0.2) is 4.79 Å². The third-order valence-corrected chi connectivity index (χ3v) is 5.02. The summed E-state index contributed by atoms with van der Waals surface area (Å²) in [4.78, 5) is 24.4. The highest BCUT2D eigenvalue weighted by Gasteiger charge is 2.24. The number of carbonyl (C=O) groups is 2. The highest BCUT2D eigenvalue weighted by Crippen LogP contribution is 2.27. The predicted octanol–water partition coefficient (Wildman–Crippen LogP) is 3.62. The zero-order valence-electron chi connectivity index (χ0n) is 14.7. The van der Waals surface area contributed by atoms with E-state index in [0.717, 1.165) is 29.2 Å². The number of hydrogen-bond acceptors (Lipinski definition) is 3. The van der Waals surface area contributed by atoms with Gasteiger partial charge in [-0.2, -0.15) is 0 Å². The molecule has 0 heterocycles. The smallest absolute Gasteiger partial charge is 0.328 e. The van der Waals surface area contributed by atoms with Gasteiger partial charge in [0.2, 0.25) is 5.91 Å². The third kappa shape index (κ3) is 4.59. The molecule has 0 radical (unpaired) electrons. The maximum atomic E-state index is 12.3. The summed E-state index contributed by atoms with van der Waals surface area (Å²) in [6.45, 7) is 0. The lowest BCUT2D eigenvalue weighted by molar-refractivity contribution is -0.145. The van der Waals surface area contributed by atoms with Gasteiger partial charge < -0.3 is 10.1 Å². The van der Waals surface area contributed by atoms with Crippen LogP contribution in [-0.4, -0.2) is 25.0 Å². The maximum Gasteiger partial charge on any atom is 0.328 e. The Morgan fingerprint density at radius 1 is 1.12 bits per heavy atom. The van der Waals surface area contributed by atoms with Crippen LogP contribution in [0.15, 0.2) is 42.5 Å². The second-order valence-corrected chi connectivity index (χ2v) is 6.88. The van der Waals surface area contributed by atoms with Gasteiger partial charge in [-0.15, -0.1) is 0 Å². The Morgan fingerprint density at radius 2 is 1.84 bits per heavy atom. The van der Waals surface area contributed by atoms with Crippen LogP contribution in [0.3, 0.4) is 0 Å². The lowest BCUT2D eigenvalue weighted by Gasteiger charge is -2.18. The third-order valence-electron chi connectivity index (χ3n) is 5.02. The normalized spacial score (nSPS) is 15.9. The molecular formula is C21H25NO3. The van der Waals surface area contributed by atoms with Gasteiger partial charge in [0, 0.05) is 12.8 Å². The zero-order valence-corrected chi connectivity index (χ0v) is 14.7. The maximum absolute atomic E-state index is 12.3. The average molecular weight is 339 g/mol. The fourth-order valence-corrected chi connectivity index (χ4v) is 3.67. The molecule has 3 rings (SSSR count). The molecule has 1 N–H and O–H groups in total. The van der Waals surface area contributed by atoms with Crippen molar-refractivity contribution in [3.8, 4) is 0 Å². The molecule has 1 saturated carbocycles. The molecule has 4 heteroatoms. The van der Waals surface area contributed by atoms with Crippen LogP contribution in [0.1, 0.15) is 37.7 Å². The Labute approximate surface area is 148 Å². The molecular weight excluding hydrogens is 314 g/mol. The lowest BCUT2D eigenvalue weighted by atomic mass is 10.0. The molecule has 0 spiro atoms. The van der Waals surface area contributed by atoms with Crippen LogP contribution in [0, 0.1) is 5.92 Å². The monoisotopic (exact) mass is 339 g/mol. The topological polar surface area (TPSA) is 55.4 Å². The van der Waals surface area contributed by atoms with Crippen molar-refractivity contribution >= 4 is 22.6 Å². The lowest BCUT2D eigenvalue weighted by Crippen LogP contribution is -2.43. The Bertz CT molecular complexity index is 750. The van der Waals surface area contributed by atoms with Gasteiger partial charge in [0.05, 0.1) is 7.11 Å². The fourth-order valence-electron chi connectivity index (χ4n) is 3.67. The first-order valence-electron chi connectivity index (χ1n) is 9.00. The highest BCUT2D eigenvalue weighted by molar-refractivity contribution is 5.86. The Hall–Kier alpha value is -2.36. The summed E-state index contributed by atoms with van der Waals surface area (Å²) < 4.78 is 4.89. The minimum Gasteiger partial charge on any atom is -0.467 e. The molecule has 1 atom stereocenters. The van der Waals surface area contributed by atoms with Gasteiger partial charge in [0.25, 0.3) is 0 Å². The average Bonchev–Trinajstić information content (AvgIpc) is 3.13. The highest BCUT2D eigenvalue weighted by atomic mass is 16.5.